The van der Waals surface area contributed by atoms with Crippen LogP contribution in [0.2, 0.25) is 0 Å². The second-order valence-corrected chi connectivity index (χ2v) is 5.74. The molecular weight excluding hydrogens is 232 g/mol. The van der Waals surface area contributed by atoms with Crippen LogP contribution in [0.15, 0.2) is 0 Å². The number of aliphatic carboxylic acids is 1. The molecule has 5 heteroatoms. The molecule has 18 heavy (non-hydrogen) atoms. The zero-order valence-corrected chi connectivity index (χ0v) is 10.6. The summed E-state index contributed by atoms with van der Waals surface area (Å²) in [6, 6.07) is 2.17. The third-order valence-corrected chi connectivity index (χ3v) is 4.36. The number of nitrogens with zero attached hydrogens (tertiary/aromatic N) is 2. The van der Waals surface area contributed by atoms with Gasteiger partial charge in [-0.05, 0) is 26.2 Å². The molecule has 1 atom stereocenters. The molecule has 1 aliphatic carbocycles. The Bertz CT molecular complexity index is 420. The number of hydrogen-bond donors (Lipinski definition) is 1. The Morgan fingerprint density at radius 3 is 2.33 bits per heavy atom. The smallest absolute Gasteiger partial charge is 0.311 e. The lowest BCUT2D eigenvalue weighted by Crippen LogP contribution is -2.42. The van der Waals surface area contributed by atoms with Crippen molar-refractivity contribution in [2.75, 3.05) is 13.1 Å². The summed E-state index contributed by atoms with van der Waals surface area (Å²) >= 11 is 0. The summed E-state index contributed by atoms with van der Waals surface area (Å²) in [5.74, 6) is -1.03. The first-order chi connectivity index (χ1) is 8.43. The Balaban J connectivity index is 2.13. The van der Waals surface area contributed by atoms with Gasteiger partial charge in [0.25, 0.3) is 0 Å². The van der Waals surface area contributed by atoms with E-state index in [0.29, 0.717) is 25.8 Å². The molecule has 98 valence electrons. The highest BCUT2D eigenvalue weighted by Gasteiger charge is 2.49. The molecule has 1 aliphatic heterocycles. The molecule has 2 aliphatic rings. The summed E-state index contributed by atoms with van der Waals surface area (Å²) in [6.45, 7) is 2.34. The van der Waals surface area contributed by atoms with Crippen molar-refractivity contribution in [2.24, 2.45) is 10.8 Å². The molecule has 1 saturated carbocycles. The summed E-state index contributed by atoms with van der Waals surface area (Å²) < 4.78 is 0. The number of carboxylic acids is 1. The Labute approximate surface area is 106 Å². The molecule has 1 amide bonds. The van der Waals surface area contributed by atoms with Gasteiger partial charge in [-0.25, -0.2) is 0 Å². The molecule has 1 N–H and O–H groups in total. The predicted octanol–water partition coefficient (Wildman–Crippen LogP) is 1.39. The molecular formula is C13H18N2O3. The van der Waals surface area contributed by atoms with E-state index in [1.165, 1.54) is 0 Å². The first-order valence-electron chi connectivity index (χ1n) is 6.38. The highest BCUT2D eigenvalue weighted by molar-refractivity contribution is 5.87. The lowest BCUT2D eigenvalue weighted by molar-refractivity contribution is -0.148. The summed E-state index contributed by atoms with van der Waals surface area (Å²) in [4.78, 5) is 25.2. The van der Waals surface area contributed by atoms with Gasteiger partial charge in [0.1, 0.15) is 5.41 Å². The molecule has 1 heterocycles. The van der Waals surface area contributed by atoms with Crippen LogP contribution in [0, 0.1) is 22.2 Å². The summed E-state index contributed by atoms with van der Waals surface area (Å²) in [5.41, 5.74) is -1.74. The average Bonchev–Trinajstić information content (AvgIpc) is 2.96. The Morgan fingerprint density at radius 2 is 1.89 bits per heavy atom. The van der Waals surface area contributed by atoms with Crippen LogP contribution in [0.3, 0.4) is 0 Å². The maximum absolute atomic E-state index is 12.4. The van der Waals surface area contributed by atoms with Gasteiger partial charge >= 0.3 is 5.97 Å². The Kier molecular flexibility index (Phi) is 3.05. The molecule has 0 aromatic heterocycles. The predicted molar refractivity (Wildman–Crippen MR) is 63.5 cm³/mol. The molecule has 0 aromatic carbocycles. The maximum atomic E-state index is 12.4. The number of carbonyl (C=O) groups is 2. The zero-order chi connectivity index (χ0) is 13.4. The largest absolute Gasteiger partial charge is 0.481 e. The van der Waals surface area contributed by atoms with Crippen molar-refractivity contribution >= 4 is 11.9 Å². The minimum atomic E-state index is -0.885. The number of likely N-dealkylation sites (tertiary alicyclic amines) is 1. The van der Waals surface area contributed by atoms with Crippen LogP contribution in [-0.4, -0.2) is 35.0 Å². The van der Waals surface area contributed by atoms with Crippen molar-refractivity contribution in [2.45, 2.75) is 39.0 Å². The third-order valence-electron chi connectivity index (χ3n) is 4.36. The quantitative estimate of drug-likeness (QED) is 0.803. The fraction of sp³-hybridized carbons (Fsp3) is 0.769. The van der Waals surface area contributed by atoms with E-state index in [1.54, 1.807) is 11.8 Å². The van der Waals surface area contributed by atoms with Crippen molar-refractivity contribution in [3.8, 4) is 6.07 Å². The van der Waals surface area contributed by atoms with Gasteiger partial charge in [-0.2, -0.15) is 5.26 Å². The van der Waals surface area contributed by atoms with Crippen LogP contribution < -0.4 is 0 Å². The second kappa shape index (κ2) is 4.27. The van der Waals surface area contributed by atoms with E-state index in [2.05, 4.69) is 6.07 Å². The van der Waals surface area contributed by atoms with Crippen LogP contribution in [0.25, 0.3) is 0 Å². The van der Waals surface area contributed by atoms with Crippen molar-refractivity contribution in [3.05, 3.63) is 0 Å². The lowest BCUT2D eigenvalue weighted by Gasteiger charge is -2.27. The normalized spacial score (nSPS) is 30.1. The van der Waals surface area contributed by atoms with Crippen LogP contribution in [-0.2, 0) is 9.59 Å². The number of amides is 1. The number of rotatable bonds is 2. The summed E-state index contributed by atoms with van der Waals surface area (Å²) in [6.07, 6.45) is 3.51. The van der Waals surface area contributed by atoms with E-state index in [1.807, 2.05) is 0 Å². The Hall–Kier alpha value is -1.57. The molecule has 0 spiro atoms. The minimum Gasteiger partial charge on any atom is -0.481 e. The number of hydrogen-bond acceptors (Lipinski definition) is 3. The van der Waals surface area contributed by atoms with Gasteiger partial charge in [0, 0.05) is 13.1 Å². The number of carboxylic acid groups (broad SMARTS) is 1. The molecule has 2 fully saturated rings. The van der Waals surface area contributed by atoms with Crippen molar-refractivity contribution in [1.29, 1.82) is 5.26 Å². The second-order valence-electron chi connectivity index (χ2n) is 5.74. The summed E-state index contributed by atoms with van der Waals surface area (Å²) in [7, 11) is 0. The lowest BCUT2D eigenvalue weighted by atomic mass is 9.86. The fourth-order valence-corrected chi connectivity index (χ4v) is 2.96. The van der Waals surface area contributed by atoms with E-state index in [0.717, 1.165) is 12.8 Å². The molecule has 0 unspecified atom stereocenters. The molecule has 5 nitrogen and oxygen atoms in total. The molecule has 1 saturated heterocycles. The molecule has 0 aromatic rings. The van der Waals surface area contributed by atoms with Gasteiger partial charge in [-0.15, -0.1) is 0 Å². The average molecular weight is 250 g/mol. The van der Waals surface area contributed by atoms with Gasteiger partial charge in [-0.1, -0.05) is 12.8 Å². The van der Waals surface area contributed by atoms with Crippen molar-refractivity contribution in [1.82, 2.24) is 4.90 Å². The third kappa shape index (κ3) is 1.86. The van der Waals surface area contributed by atoms with Crippen LogP contribution in [0.5, 0.6) is 0 Å². The topological polar surface area (TPSA) is 81.4 Å². The number of nitriles is 1. The van der Waals surface area contributed by atoms with Crippen molar-refractivity contribution in [3.63, 3.8) is 0 Å². The molecule has 0 radical (unpaired) electrons. The standard InChI is InChI=1S/C13H18N2O3/c1-12(11(17)18)6-7-15(9-12)10(16)13(8-14)4-2-3-5-13/h2-7,9H2,1H3,(H,17,18)/t12-/m1/s1. The monoisotopic (exact) mass is 250 g/mol. The van der Waals surface area contributed by atoms with Crippen LogP contribution >= 0.6 is 0 Å². The summed E-state index contributed by atoms with van der Waals surface area (Å²) in [5, 5.41) is 18.4. The SMILES string of the molecule is C[C@@]1(C(=O)O)CCN(C(=O)C2(C#N)CCCC2)C1. The number of carbonyl (C=O) groups excluding carboxylic acids is 1. The molecule has 2 rings (SSSR count). The fourth-order valence-electron chi connectivity index (χ4n) is 2.96. The minimum absolute atomic E-state index is 0.160. The Morgan fingerprint density at radius 1 is 1.28 bits per heavy atom. The first kappa shape index (κ1) is 12.9. The van der Waals surface area contributed by atoms with E-state index in [-0.39, 0.29) is 12.5 Å². The van der Waals surface area contributed by atoms with Gasteiger partial charge < -0.3 is 10.0 Å². The van der Waals surface area contributed by atoms with E-state index < -0.39 is 16.8 Å². The van der Waals surface area contributed by atoms with E-state index >= 15 is 0 Å². The van der Waals surface area contributed by atoms with Gasteiger partial charge in [0.2, 0.25) is 5.91 Å². The first-order valence-corrected chi connectivity index (χ1v) is 6.38. The van der Waals surface area contributed by atoms with Crippen LogP contribution in [0.1, 0.15) is 39.0 Å². The maximum Gasteiger partial charge on any atom is 0.311 e. The van der Waals surface area contributed by atoms with Crippen LogP contribution in [0.4, 0.5) is 0 Å². The highest BCUT2D eigenvalue weighted by Crippen LogP contribution is 2.41. The van der Waals surface area contributed by atoms with Gasteiger partial charge in [-0.3, -0.25) is 9.59 Å². The molecule has 0 bridgehead atoms. The van der Waals surface area contributed by atoms with Crippen molar-refractivity contribution < 1.29 is 14.7 Å². The van der Waals surface area contributed by atoms with E-state index in [9.17, 15) is 14.9 Å². The van der Waals surface area contributed by atoms with Gasteiger partial charge in [0.15, 0.2) is 0 Å². The highest BCUT2D eigenvalue weighted by atomic mass is 16.4. The van der Waals surface area contributed by atoms with Gasteiger partial charge in [0.05, 0.1) is 11.5 Å². The zero-order valence-electron chi connectivity index (χ0n) is 10.6. The van der Waals surface area contributed by atoms with E-state index in [4.69, 9.17) is 5.11 Å².